The van der Waals surface area contributed by atoms with Crippen LogP contribution in [0.25, 0.3) is 0 Å². The highest BCUT2D eigenvalue weighted by atomic mass is 19.1. The van der Waals surface area contributed by atoms with Crippen molar-refractivity contribution in [1.82, 2.24) is 0 Å². The van der Waals surface area contributed by atoms with E-state index in [0.717, 1.165) is 19.4 Å². The maximum absolute atomic E-state index is 14.6. The molecule has 0 amide bonds. The molecule has 2 aliphatic rings. The minimum atomic E-state index is -1.48. The molecule has 132 valence electrons. The number of hydrogen-bond acceptors (Lipinski definition) is 5. The van der Waals surface area contributed by atoms with Gasteiger partial charge in [0.15, 0.2) is 6.17 Å². The summed E-state index contributed by atoms with van der Waals surface area (Å²) in [6, 6.07) is 4.75. The summed E-state index contributed by atoms with van der Waals surface area (Å²) in [5.41, 5.74) is 5.23. The minimum Gasteiger partial charge on any atom is -0.386 e. The summed E-state index contributed by atoms with van der Waals surface area (Å²) in [5.74, 6) is -0.347. The van der Waals surface area contributed by atoms with Crippen molar-refractivity contribution in [3.63, 3.8) is 0 Å². The highest BCUT2D eigenvalue weighted by molar-refractivity contribution is 5.82. The van der Waals surface area contributed by atoms with Crippen LogP contribution in [0, 0.1) is 5.82 Å². The molecule has 2 aliphatic heterocycles. The van der Waals surface area contributed by atoms with Gasteiger partial charge in [0.1, 0.15) is 23.8 Å². The van der Waals surface area contributed by atoms with Gasteiger partial charge in [-0.3, -0.25) is 4.99 Å². The lowest BCUT2D eigenvalue weighted by atomic mass is 9.87. The van der Waals surface area contributed by atoms with Crippen molar-refractivity contribution >= 4 is 11.5 Å². The van der Waals surface area contributed by atoms with E-state index in [4.69, 9.17) is 15.2 Å². The van der Waals surface area contributed by atoms with Gasteiger partial charge >= 0.3 is 0 Å². The SMILES string of the molecule is C[C@]1(c2cc(NC3CCCOC3)ccc2F)N=C(N)COC[C@@H]1F. The summed E-state index contributed by atoms with van der Waals surface area (Å²) in [5, 5.41) is 3.32. The van der Waals surface area contributed by atoms with Gasteiger partial charge in [0.05, 0.1) is 13.2 Å². The van der Waals surface area contributed by atoms with Crippen LogP contribution in [-0.2, 0) is 15.0 Å². The fourth-order valence-electron chi connectivity index (χ4n) is 3.15. The third-order valence-corrected chi connectivity index (χ3v) is 4.54. The third kappa shape index (κ3) is 3.52. The first kappa shape index (κ1) is 17.1. The number of halogens is 2. The number of rotatable bonds is 3. The fraction of sp³-hybridized carbons (Fsp3) is 0.588. The number of anilines is 1. The second kappa shape index (κ2) is 7.03. The highest BCUT2D eigenvalue weighted by Gasteiger charge is 2.40. The van der Waals surface area contributed by atoms with Crippen molar-refractivity contribution < 1.29 is 18.3 Å². The number of benzene rings is 1. The summed E-state index contributed by atoms with van der Waals surface area (Å²) < 4.78 is 39.7. The minimum absolute atomic E-state index is 0.0506. The Hall–Kier alpha value is -1.73. The predicted octanol–water partition coefficient (Wildman–Crippen LogP) is 2.36. The van der Waals surface area contributed by atoms with Crippen LogP contribution in [0.1, 0.15) is 25.3 Å². The standard InChI is InChI=1S/C17H23F2N3O2/c1-17(15(19)9-24-10-16(20)22-17)13-7-11(4-5-14(13)18)21-12-3-2-6-23-8-12/h4-5,7,12,15,21H,2-3,6,8-10H2,1H3,(H2,20,22)/t12?,15-,17+/m0/s1. The molecule has 1 fully saturated rings. The number of nitrogens with two attached hydrogens (primary N) is 1. The van der Waals surface area contributed by atoms with Gasteiger partial charge in [-0.1, -0.05) is 0 Å². The van der Waals surface area contributed by atoms with Gasteiger partial charge in [-0.2, -0.15) is 0 Å². The Morgan fingerprint density at radius 1 is 1.33 bits per heavy atom. The van der Waals surface area contributed by atoms with Gasteiger partial charge in [-0.25, -0.2) is 8.78 Å². The largest absolute Gasteiger partial charge is 0.386 e. The molecule has 0 aromatic heterocycles. The first-order chi connectivity index (χ1) is 11.5. The van der Waals surface area contributed by atoms with Crippen LogP contribution in [0.3, 0.4) is 0 Å². The number of ether oxygens (including phenoxy) is 2. The third-order valence-electron chi connectivity index (χ3n) is 4.54. The van der Waals surface area contributed by atoms with Crippen molar-refractivity contribution in [2.24, 2.45) is 10.7 Å². The number of nitrogens with zero attached hydrogens (tertiary/aromatic N) is 1. The maximum Gasteiger partial charge on any atom is 0.152 e. The average molecular weight is 339 g/mol. The van der Waals surface area contributed by atoms with Crippen LogP contribution in [0.5, 0.6) is 0 Å². The summed E-state index contributed by atoms with van der Waals surface area (Å²) >= 11 is 0. The van der Waals surface area contributed by atoms with Crippen molar-refractivity contribution in [2.45, 2.75) is 37.5 Å². The van der Waals surface area contributed by atoms with E-state index in [0.29, 0.717) is 12.3 Å². The van der Waals surface area contributed by atoms with E-state index in [2.05, 4.69) is 10.3 Å². The molecule has 3 N–H and O–H groups in total. The summed E-state index contributed by atoms with van der Waals surface area (Å²) in [6.07, 6.45) is 0.476. The summed E-state index contributed by atoms with van der Waals surface area (Å²) in [4.78, 5) is 4.21. The maximum atomic E-state index is 14.6. The molecule has 3 atom stereocenters. The Balaban J connectivity index is 1.91. The Morgan fingerprint density at radius 3 is 2.92 bits per heavy atom. The van der Waals surface area contributed by atoms with Crippen molar-refractivity contribution in [1.29, 1.82) is 0 Å². The lowest BCUT2D eigenvalue weighted by Crippen LogP contribution is -2.36. The Bertz CT molecular complexity index is 620. The van der Waals surface area contributed by atoms with Crippen LogP contribution in [0.2, 0.25) is 0 Å². The van der Waals surface area contributed by atoms with E-state index in [-0.39, 0.29) is 30.7 Å². The predicted molar refractivity (Wildman–Crippen MR) is 88.6 cm³/mol. The van der Waals surface area contributed by atoms with Crippen LogP contribution in [0.4, 0.5) is 14.5 Å². The quantitative estimate of drug-likeness (QED) is 0.887. The Labute approximate surface area is 140 Å². The van der Waals surface area contributed by atoms with E-state index >= 15 is 0 Å². The molecule has 0 aliphatic carbocycles. The molecule has 1 saturated heterocycles. The first-order valence-corrected chi connectivity index (χ1v) is 8.19. The molecule has 0 saturated carbocycles. The molecule has 3 rings (SSSR count). The normalized spacial score (nSPS) is 31.2. The smallest absolute Gasteiger partial charge is 0.152 e. The van der Waals surface area contributed by atoms with Gasteiger partial charge in [0, 0.05) is 23.9 Å². The van der Waals surface area contributed by atoms with Crippen LogP contribution in [0.15, 0.2) is 23.2 Å². The van der Waals surface area contributed by atoms with Gasteiger partial charge in [-0.15, -0.1) is 0 Å². The van der Waals surface area contributed by atoms with Gasteiger partial charge in [-0.05, 0) is 38.0 Å². The fourth-order valence-corrected chi connectivity index (χ4v) is 3.15. The monoisotopic (exact) mass is 339 g/mol. The van der Waals surface area contributed by atoms with E-state index in [1.165, 1.54) is 6.07 Å². The second-order valence-electron chi connectivity index (χ2n) is 6.49. The average Bonchev–Trinajstić information content (AvgIpc) is 2.69. The summed E-state index contributed by atoms with van der Waals surface area (Å²) in [7, 11) is 0. The number of amidine groups is 1. The zero-order valence-corrected chi connectivity index (χ0v) is 13.7. The van der Waals surface area contributed by atoms with E-state index < -0.39 is 17.5 Å². The molecule has 1 aromatic rings. The number of alkyl halides is 1. The molecule has 7 heteroatoms. The van der Waals surface area contributed by atoms with Crippen molar-refractivity contribution in [3.8, 4) is 0 Å². The number of aliphatic imine (C=N–C) groups is 1. The Morgan fingerprint density at radius 2 is 2.17 bits per heavy atom. The number of hydrogen-bond donors (Lipinski definition) is 2. The van der Waals surface area contributed by atoms with E-state index in [1.807, 2.05) is 0 Å². The summed E-state index contributed by atoms with van der Waals surface area (Å²) in [6.45, 7) is 2.80. The lowest BCUT2D eigenvalue weighted by Gasteiger charge is -2.30. The van der Waals surface area contributed by atoms with Crippen LogP contribution in [-0.4, -0.2) is 44.5 Å². The van der Waals surface area contributed by atoms with Gasteiger partial charge in [0.25, 0.3) is 0 Å². The van der Waals surface area contributed by atoms with Crippen molar-refractivity contribution in [3.05, 3.63) is 29.6 Å². The molecular formula is C17H23F2N3O2. The molecule has 0 spiro atoms. The first-order valence-electron chi connectivity index (χ1n) is 8.19. The van der Waals surface area contributed by atoms with E-state index in [1.54, 1.807) is 19.1 Å². The molecule has 0 radical (unpaired) electrons. The molecular weight excluding hydrogens is 316 g/mol. The highest BCUT2D eigenvalue weighted by Crippen LogP contribution is 2.36. The molecule has 2 heterocycles. The zero-order chi connectivity index (χ0) is 17.2. The zero-order valence-electron chi connectivity index (χ0n) is 13.7. The second-order valence-corrected chi connectivity index (χ2v) is 6.49. The van der Waals surface area contributed by atoms with Crippen LogP contribution < -0.4 is 11.1 Å². The molecule has 5 nitrogen and oxygen atoms in total. The lowest BCUT2D eigenvalue weighted by molar-refractivity contribution is 0.0754. The van der Waals surface area contributed by atoms with E-state index in [9.17, 15) is 8.78 Å². The molecule has 1 aromatic carbocycles. The van der Waals surface area contributed by atoms with Gasteiger partial charge in [0.2, 0.25) is 0 Å². The molecule has 0 bridgehead atoms. The number of nitrogens with one attached hydrogen (secondary N) is 1. The van der Waals surface area contributed by atoms with Gasteiger partial charge < -0.3 is 20.5 Å². The topological polar surface area (TPSA) is 68.9 Å². The molecule has 1 unspecified atom stereocenters. The Kier molecular flexibility index (Phi) is 5.01. The van der Waals surface area contributed by atoms with Crippen molar-refractivity contribution in [2.75, 3.05) is 31.7 Å². The molecule has 24 heavy (non-hydrogen) atoms. The van der Waals surface area contributed by atoms with Crippen LogP contribution >= 0.6 is 0 Å².